The predicted molar refractivity (Wildman–Crippen MR) is 98.0 cm³/mol. The summed E-state index contributed by atoms with van der Waals surface area (Å²) in [5.74, 6) is 0.432. The maximum Gasteiger partial charge on any atom is 0.314 e. The fourth-order valence-corrected chi connectivity index (χ4v) is 3.56. The van der Waals surface area contributed by atoms with Gasteiger partial charge in [0.1, 0.15) is 0 Å². The van der Waals surface area contributed by atoms with Crippen LogP contribution >= 0.6 is 0 Å². The molecule has 0 aliphatic heterocycles. The summed E-state index contributed by atoms with van der Waals surface area (Å²) in [6.45, 7) is 0.617. The van der Waals surface area contributed by atoms with E-state index in [1.54, 1.807) is 14.2 Å². The summed E-state index contributed by atoms with van der Waals surface area (Å²) in [7, 11) is 3.22. The van der Waals surface area contributed by atoms with Gasteiger partial charge in [-0.05, 0) is 30.5 Å². The first-order chi connectivity index (χ1) is 12.5. The van der Waals surface area contributed by atoms with Gasteiger partial charge in [0.25, 0.3) is 0 Å². The van der Waals surface area contributed by atoms with Gasteiger partial charge in [0.05, 0.1) is 20.6 Å². The first-order valence-electron chi connectivity index (χ1n) is 8.97. The van der Waals surface area contributed by atoms with Crippen molar-refractivity contribution in [2.24, 2.45) is 0 Å². The summed E-state index contributed by atoms with van der Waals surface area (Å²) in [5.41, 5.74) is 0.975. The molecule has 1 aliphatic rings. The Morgan fingerprint density at radius 1 is 1.08 bits per heavy atom. The number of carboxylic acids is 1. The minimum absolute atomic E-state index is 0.0890. The van der Waals surface area contributed by atoms with Crippen molar-refractivity contribution in [3.05, 3.63) is 23.8 Å². The molecule has 0 radical (unpaired) electrons. The summed E-state index contributed by atoms with van der Waals surface area (Å²) < 4.78 is 10.8. The Morgan fingerprint density at radius 3 is 2.38 bits per heavy atom. The number of urea groups is 1. The molecule has 144 valence electrons. The number of methoxy groups -OCH3 is 2. The predicted octanol–water partition coefficient (Wildman–Crippen LogP) is 2.68. The lowest BCUT2D eigenvalue weighted by Crippen LogP contribution is -2.46. The van der Waals surface area contributed by atoms with E-state index < -0.39 is 5.97 Å². The van der Waals surface area contributed by atoms with Gasteiger partial charge in [-0.15, -0.1) is 0 Å². The highest BCUT2D eigenvalue weighted by molar-refractivity contribution is 5.75. The van der Waals surface area contributed by atoms with Crippen LogP contribution in [0.5, 0.6) is 11.5 Å². The molecule has 2 amide bonds. The highest BCUT2D eigenvalue weighted by Crippen LogP contribution is 2.42. The minimum atomic E-state index is -0.931. The molecule has 26 heavy (non-hydrogen) atoms. The quantitative estimate of drug-likeness (QED) is 0.659. The molecule has 1 aromatic carbocycles. The first-order valence-corrected chi connectivity index (χ1v) is 8.97. The van der Waals surface area contributed by atoms with E-state index in [0.717, 1.165) is 31.2 Å². The third-order valence-corrected chi connectivity index (χ3v) is 5.02. The summed E-state index contributed by atoms with van der Waals surface area (Å²) in [5, 5.41) is 14.2. The van der Waals surface area contributed by atoms with E-state index in [4.69, 9.17) is 14.6 Å². The van der Waals surface area contributed by atoms with Crippen molar-refractivity contribution in [2.75, 3.05) is 27.3 Å². The smallest absolute Gasteiger partial charge is 0.314 e. The Bertz CT molecular complexity index is 626. The van der Waals surface area contributed by atoms with Gasteiger partial charge in [-0.25, -0.2) is 4.79 Å². The number of aliphatic carboxylic acids is 1. The molecule has 1 saturated carbocycles. The van der Waals surface area contributed by atoms with Crippen LogP contribution in [0.2, 0.25) is 0 Å². The molecule has 0 saturated heterocycles. The van der Waals surface area contributed by atoms with Gasteiger partial charge in [0.15, 0.2) is 11.5 Å². The number of carbonyl (C=O) groups excluding carboxylic acids is 1. The highest BCUT2D eigenvalue weighted by Gasteiger charge is 2.35. The third-order valence-electron chi connectivity index (χ3n) is 5.02. The molecule has 0 heterocycles. The summed E-state index contributed by atoms with van der Waals surface area (Å²) in [6, 6.07) is 5.60. The van der Waals surface area contributed by atoms with E-state index in [1.165, 1.54) is 6.42 Å². The zero-order chi connectivity index (χ0) is 19.0. The van der Waals surface area contributed by atoms with Crippen LogP contribution in [-0.4, -0.2) is 44.4 Å². The number of rotatable bonds is 8. The number of carboxylic acid groups (broad SMARTS) is 1. The van der Waals surface area contributed by atoms with Crippen molar-refractivity contribution in [1.29, 1.82) is 0 Å². The number of nitrogens with one attached hydrogen (secondary N) is 2. The third kappa shape index (κ3) is 5.03. The molecule has 7 nitrogen and oxygen atoms in total. The summed E-state index contributed by atoms with van der Waals surface area (Å²) >= 11 is 0. The molecular formula is C19H28N2O5. The average Bonchev–Trinajstić information content (AvgIpc) is 2.66. The van der Waals surface area contributed by atoms with Crippen molar-refractivity contribution in [3.63, 3.8) is 0 Å². The van der Waals surface area contributed by atoms with Crippen LogP contribution in [0.15, 0.2) is 18.2 Å². The van der Waals surface area contributed by atoms with Gasteiger partial charge in [0.2, 0.25) is 0 Å². The SMILES string of the molecule is COc1ccc(C2(CNC(=O)NCCC(=O)O)CCCCC2)cc1OC. The van der Waals surface area contributed by atoms with Gasteiger partial charge < -0.3 is 25.2 Å². The molecule has 3 N–H and O–H groups in total. The Hall–Kier alpha value is -2.44. The molecule has 0 unspecified atom stereocenters. The topological polar surface area (TPSA) is 96.9 Å². The van der Waals surface area contributed by atoms with Crippen LogP contribution in [0.3, 0.4) is 0 Å². The summed E-state index contributed by atoms with van der Waals surface area (Å²) in [6.07, 6.45) is 5.29. The second-order valence-corrected chi connectivity index (χ2v) is 6.66. The zero-order valence-corrected chi connectivity index (χ0v) is 15.5. The largest absolute Gasteiger partial charge is 0.493 e. The van der Waals surface area contributed by atoms with Crippen LogP contribution in [0.1, 0.15) is 44.1 Å². The van der Waals surface area contributed by atoms with Crippen LogP contribution < -0.4 is 20.1 Å². The van der Waals surface area contributed by atoms with Gasteiger partial charge in [0, 0.05) is 18.5 Å². The molecule has 0 bridgehead atoms. The van der Waals surface area contributed by atoms with Crippen LogP contribution in [0.25, 0.3) is 0 Å². The molecule has 1 aromatic rings. The second kappa shape index (κ2) is 9.31. The maximum atomic E-state index is 12.0. The lowest BCUT2D eigenvalue weighted by molar-refractivity contribution is -0.136. The number of benzene rings is 1. The van der Waals surface area contributed by atoms with Crippen molar-refractivity contribution in [3.8, 4) is 11.5 Å². The molecule has 0 aromatic heterocycles. The first kappa shape index (κ1) is 19.9. The number of ether oxygens (including phenoxy) is 2. The number of carbonyl (C=O) groups is 2. The normalized spacial score (nSPS) is 15.8. The van der Waals surface area contributed by atoms with E-state index >= 15 is 0 Å². The zero-order valence-electron chi connectivity index (χ0n) is 15.5. The van der Waals surface area contributed by atoms with Gasteiger partial charge in [-0.1, -0.05) is 25.3 Å². The van der Waals surface area contributed by atoms with Crippen molar-refractivity contribution in [1.82, 2.24) is 10.6 Å². The van der Waals surface area contributed by atoms with Crippen molar-refractivity contribution >= 4 is 12.0 Å². The minimum Gasteiger partial charge on any atom is -0.493 e. The Labute approximate surface area is 154 Å². The van der Waals surface area contributed by atoms with E-state index in [1.807, 2.05) is 18.2 Å². The van der Waals surface area contributed by atoms with E-state index in [0.29, 0.717) is 18.0 Å². The van der Waals surface area contributed by atoms with Crippen LogP contribution in [0, 0.1) is 0 Å². The number of hydrogen-bond acceptors (Lipinski definition) is 4. The van der Waals surface area contributed by atoms with Gasteiger partial charge in [-0.2, -0.15) is 0 Å². The molecule has 0 atom stereocenters. The number of amides is 2. The molecule has 0 spiro atoms. The van der Waals surface area contributed by atoms with E-state index in [2.05, 4.69) is 10.6 Å². The second-order valence-electron chi connectivity index (χ2n) is 6.66. The molecule has 2 rings (SSSR count). The Balaban J connectivity index is 2.10. The standard InChI is InChI=1S/C19H28N2O5/c1-25-15-7-6-14(12-16(15)26-2)19(9-4-3-5-10-19)13-21-18(24)20-11-8-17(22)23/h6-7,12H,3-5,8-11,13H2,1-2H3,(H,22,23)(H2,20,21,24). The fraction of sp³-hybridized carbons (Fsp3) is 0.579. The monoisotopic (exact) mass is 364 g/mol. The van der Waals surface area contributed by atoms with Crippen LogP contribution in [-0.2, 0) is 10.2 Å². The Kier molecular flexibility index (Phi) is 7.12. The lowest BCUT2D eigenvalue weighted by atomic mass is 9.69. The molecule has 7 heteroatoms. The summed E-state index contributed by atoms with van der Waals surface area (Å²) in [4.78, 5) is 22.5. The van der Waals surface area contributed by atoms with E-state index in [-0.39, 0.29) is 24.4 Å². The molecule has 1 fully saturated rings. The van der Waals surface area contributed by atoms with Gasteiger partial charge in [-0.3, -0.25) is 4.79 Å². The van der Waals surface area contributed by atoms with Gasteiger partial charge >= 0.3 is 12.0 Å². The van der Waals surface area contributed by atoms with Crippen molar-refractivity contribution < 1.29 is 24.2 Å². The molecule has 1 aliphatic carbocycles. The van der Waals surface area contributed by atoms with Crippen LogP contribution in [0.4, 0.5) is 4.79 Å². The maximum absolute atomic E-state index is 12.0. The average molecular weight is 364 g/mol. The van der Waals surface area contributed by atoms with E-state index in [9.17, 15) is 9.59 Å². The lowest BCUT2D eigenvalue weighted by Gasteiger charge is -2.38. The fourth-order valence-electron chi connectivity index (χ4n) is 3.56. The van der Waals surface area contributed by atoms with Crippen molar-refractivity contribution in [2.45, 2.75) is 43.9 Å². The highest BCUT2D eigenvalue weighted by atomic mass is 16.5. The Morgan fingerprint density at radius 2 is 1.77 bits per heavy atom. The number of hydrogen-bond donors (Lipinski definition) is 3. The molecular weight excluding hydrogens is 336 g/mol.